The van der Waals surface area contributed by atoms with Crippen molar-refractivity contribution in [3.05, 3.63) is 18.5 Å². The van der Waals surface area contributed by atoms with Gasteiger partial charge in [0.05, 0.1) is 11.9 Å². The van der Waals surface area contributed by atoms with E-state index < -0.39 is 0 Å². The lowest BCUT2D eigenvalue weighted by atomic mass is 10.3. The largest absolute Gasteiger partial charge is 0.396 e. The molecule has 13 heavy (non-hydrogen) atoms. The normalized spacial score (nSPS) is 10.5. The van der Waals surface area contributed by atoms with Gasteiger partial charge in [-0.1, -0.05) is 13.5 Å². The minimum atomic E-state index is 0.523. The third-order valence-electron chi connectivity index (χ3n) is 1.47. The van der Waals surface area contributed by atoms with Crippen LogP contribution in [-0.2, 0) is 0 Å². The molecule has 1 aromatic heterocycles. The van der Waals surface area contributed by atoms with E-state index in [9.17, 15) is 0 Å². The number of nitrogens with zero attached hydrogens (tertiary/aromatic N) is 3. The molecule has 0 aliphatic heterocycles. The Labute approximate surface area is 77.2 Å². The van der Waals surface area contributed by atoms with Crippen molar-refractivity contribution in [1.29, 1.82) is 0 Å². The zero-order chi connectivity index (χ0) is 9.68. The molecule has 68 valence electrons. The van der Waals surface area contributed by atoms with Crippen molar-refractivity contribution in [3.8, 4) is 0 Å². The SMILES string of the molecule is C=Cc1nncc(N)c1N=CCC. The van der Waals surface area contributed by atoms with Gasteiger partial charge in [-0.05, 0) is 12.5 Å². The predicted octanol–water partition coefficient (Wildman–Crippen LogP) is 1.81. The molecule has 0 aliphatic rings. The highest BCUT2D eigenvalue weighted by molar-refractivity contribution is 5.76. The number of hydrogen-bond donors (Lipinski definition) is 1. The second-order valence-corrected chi connectivity index (χ2v) is 2.46. The monoisotopic (exact) mass is 176 g/mol. The van der Waals surface area contributed by atoms with Gasteiger partial charge in [0.1, 0.15) is 11.4 Å². The summed E-state index contributed by atoms with van der Waals surface area (Å²) < 4.78 is 0. The molecular weight excluding hydrogens is 164 g/mol. The first-order valence-electron chi connectivity index (χ1n) is 4.05. The van der Waals surface area contributed by atoms with Crippen LogP contribution in [0.1, 0.15) is 19.0 Å². The van der Waals surface area contributed by atoms with Gasteiger partial charge in [0, 0.05) is 6.21 Å². The van der Waals surface area contributed by atoms with Crippen molar-refractivity contribution in [1.82, 2.24) is 10.2 Å². The van der Waals surface area contributed by atoms with Gasteiger partial charge in [-0.3, -0.25) is 4.99 Å². The highest BCUT2D eigenvalue weighted by Gasteiger charge is 2.02. The maximum atomic E-state index is 5.67. The lowest BCUT2D eigenvalue weighted by Gasteiger charge is -2.00. The van der Waals surface area contributed by atoms with Gasteiger partial charge in [0.25, 0.3) is 0 Å². The third-order valence-corrected chi connectivity index (χ3v) is 1.47. The number of aliphatic imine (C=N–C) groups is 1. The molecule has 4 nitrogen and oxygen atoms in total. The summed E-state index contributed by atoms with van der Waals surface area (Å²) in [7, 11) is 0. The van der Waals surface area contributed by atoms with E-state index in [1.165, 1.54) is 6.20 Å². The fourth-order valence-corrected chi connectivity index (χ4v) is 0.870. The van der Waals surface area contributed by atoms with E-state index in [4.69, 9.17) is 5.73 Å². The molecule has 0 aromatic carbocycles. The second-order valence-electron chi connectivity index (χ2n) is 2.46. The summed E-state index contributed by atoms with van der Waals surface area (Å²) >= 11 is 0. The average molecular weight is 176 g/mol. The standard InChI is InChI=1S/C9H12N4/c1-3-5-11-9-7(10)6-12-13-8(9)4-2/h4-6H,2-3H2,1H3,(H2,10,13). The van der Waals surface area contributed by atoms with E-state index in [-0.39, 0.29) is 0 Å². The van der Waals surface area contributed by atoms with E-state index in [1.807, 2.05) is 6.92 Å². The minimum absolute atomic E-state index is 0.523. The number of anilines is 1. The Morgan fingerprint density at radius 1 is 1.69 bits per heavy atom. The fraction of sp³-hybridized carbons (Fsp3) is 0.222. The van der Waals surface area contributed by atoms with Gasteiger partial charge in [0.15, 0.2) is 0 Å². The van der Waals surface area contributed by atoms with Gasteiger partial charge in [0.2, 0.25) is 0 Å². The fourth-order valence-electron chi connectivity index (χ4n) is 0.870. The van der Waals surface area contributed by atoms with Gasteiger partial charge >= 0.3 is 0 Å². The lowest BCUT2D eigenvalue weighted by Crippen LogP contribution is -1.93. The van der Waals surface area contributed by atoms with Crippen molar-refractivity contribution in [2.45, 2.75) is 13.3 Å². The molecule has 0 spiro atoms. The summed E-state index contributed by atoms with van der Waals surface area (Å²) in [5.41, 5.74) is 7.46. The van der Waals surface area contributed by atoms with Crippen LogP contribution in [0.25, 0.3) is 6.08 Å². The number of rotatable bonds is 3. The predicted molar refractivity (Wildman–Crippen MR) is 55.0 cm³/mol. The van der Waals surface area contributed by atoms with Crippen molar-refractivity contribution >= 4 is 23.7 Å². The summed E-state index contributed by atoms with van der Waals surface area (Å²) in [5, 5.41) is 7.55. The Morgan fingerprint density at radius 3 is 3.08 bits per heavy atom. The van der Waals surface area contributed by atoms with Crippen molar-refractivity contribution in [2.24, 2.45) is 4.99 Å². The topological polar surface area (TPSA) is 64.2 Å². The molecule has 2 N–H and O–H groups in total. The molecule has 1 aromatic rings. The molecule has 0 fully saturated rings. The van der Waals surface area contributed by atoms with E-state index in [0.29, 0.717) is 17.1 Å². The van der Waals surface area contributed by atoms with E-state index in [1.54, 1.807) is 12.3 Å². The van der Waals surface area contributed by atoms with Crippen LogP contribution in [0.5, 0.6) is 0 Å². The van der Waals surface area contributed by atoms with Gasteiger partial charge in [-0.15, -0.1) is 5.10 Å². The van der Waals surface area contributed by atoms with E-state index >= 15 is 0 Å². The first-order chi connectivity index (χ1) is 6.29. The molecule has 0 radical (unpaired) electrons. The average Bonchev–Trinajstić information content (AvgIpc) is 2.15. The molecular formula is C9H12N4. The molecule has 4 heteroatoms. The Balaban J connectivity index is 3.14. The smallest absolute Gasteiger partial charge is 0.115 e. The first kappa shape index (κ1) is 9.38. The Morgan fingerprint density at radius 2 is 2.46 bits per heavy atom. The number of hydrogen-bond acceptors (Lipinski definition) is 4. The minimum Gasteiger partial charge on any atom is -0.396 e. The quantitative estimate of drug-likeness (QED) is 0.714. The Kier molecular flexibility index (Phi) is 3.14. The second kappa shape index (κ2) is 4.35. The van der Waals surface area contributed by atoms with E-state index in [2.05, 4.69) is 21.8 Å². The van der Waals surface area contributed by atoms with Crippen molar-refractivity contribution < 1.29 is 0 Å². The summed E-state index contributed by atoms with van der Waals surface area (Å²) in [6, 6.07) is 0. The molecule has 0 aliphatic carbocycles. The maximum absolute atomic E-state index is 5.67. The molecule has 1 rings (SSSR count). The summed E-state index contributed by atoms with van der Waals surface area (Å²) in [6.45, 7) is 5.61. The lowest BCUT2D eigenvalue weighted by molar-refractivity contribution is 1.02. The first-order valence-corrected chi connectivity index (χ1v) is 4.05. The summed E-state index contributed by atoms with van der Waals surface area (Å²) in [5.74, 6) is 0. The van der Waals surface area contributed by atoms with Gasteiger partial charge < -0.3 is 5.73 Å². The van der Waals surface area contributed by atoms with Crippen molar-refractivity contribution in [3.63, 3.8) is 0 Å². The summed E-state index contributed by atoms with van der Waals surface area (Å²) in [4.78, 5) is 4.17. The van der Waals surface area contributed by atoms with Crippen LogP contribution in [-0.4, -0.2) is 16.4 Å². The highest BCUT2D eigenvalue weighted by Crippen LogP contribution is 2.23. The maximum Gasteiger partial charge on any atom is 0.115 e. The molecule has 0 saturated heterocycles. The van der Waals surface area contributed by atoms with Crippen LogP contribution < -0.4 is 5.73 Å². The van der Waals surface area contributed by atoms with Crippen LogP contribution >= 0.6 is 0 Å². The molecule has 0 saturated carbocycles. The van der Waals surface area contributed by atoms with Crippen molar-refractivity contribution in [2.75, 3.05) is 5.73 Å². The van der Waals surface area contributed by atoms with Crippen LogP contribution in [0.2, 0.25) is 0 Å². The number of aromatic nitrogens is 2. The third kappa shape index (κ3) is 2.11. The van der Waals surface area contributed by atoms with Crippen LogP contribution in [0.3, 0.4) is 0 Å². The van der Waals surface area contributed by atoms with E-state index in [0.717, 1.165) is 6.42 Å². The number of nitrogens with two attached hydrogens (primary N) is 1. The van der Waals surface area contributed by atoms with Crippen LogP contribution in [0.4, 0.5) is 11.4 Å². The van der Waals surface area contributed by atoms with Crippen LogP contribution in [0, 0.1) is 0 Å². The molecule has 0 atom stereocenters. The zero-order valence-electron chi connectivity index (χ0n) is 7.57. The van der Waals surface area contributed by atoms with Crippen LogP contribution in [0.15, 0.2) is 17.8 Å². The molecule has 0 amide bonds. The number of nitrogen functional groups attached to an aromatic ring is 1. The molecule has 1 heterocycles. The summed E-state index contributed by atoms with van der Waals surface area (Å²) in [6.07, 6.45) is 5.71. The zero-order valence-corrected chi connectivity index (χ0v) is 7.57. The van der Waals surface area contributed by atoms with Gasteiger partial charge in [-0.25, -0.2) is 0 Å². The van der Waals surface area contributed by atoms with Gasteiger partial charge in [-0.2, -0.15) is 5.10 Å². The Bertz CT molecular complexity index is 330. The molecule has 0 bridgehead atoms. The molecule has 0 unspecified atom stereocenters. The highest BCUT2D eigenvalue weighted by atomic mass is 15.1. The Hall–Kier alpha value is -1.71.